The number of esters is 1. The molecule has 0 aromatic rings. The Kier molecular flexibility index (Phi) is 6.69. The number of rotatable bonds is 5. The Morgan fingerprint density at radius 3 is 2.00 bits per heavy atom. The summed E-state index contributed by atoms with van der Waals surface area (Å²) in [7, 11) is 2.04. The smallest absolute Gasteiger partial charge is 0.338 e. The van der Waals surface area contributed by atoms with Crippen LogP contribution >= 0.6 is 0 Å². The Morgan fingerprint density at radius 1 is 1.03 bits per heavy atom. The van der Waals surface area contributed by atoms with Crippen molar-refractivity contribution in [3.05, 3.63) is 0 Å². The van der Waals surface area contributed by atoms with E-state index in [1.165, 1.54) is 21.3 Å². The summed E-state index contributed by atoms with van der Waals surface area (Å²) < 4.78 is 35.3. The molecule has 0 spiro atoms. The molecule has 1 saturated carbocycles. The topological polar surface area (TPSA) is 92.7 Å². The van der Waals surface area contributed by atoms with Gasteiger partial charge in [0.15, 0.2) is 13.9 Å². The van der Waals surface area contributed by atoms with Crippen LogP contribution in [0.1, 0.15) is 47.5 Å². The number of fused-ring (bicyclic) bond motifs is 1. The van der Waals surface area contributed by atoms with Gasteiger partial charge in [0, 0.05) is 27.1 Å². The van der Waals surface area contributed by atoms with Crippen LogP contribution in [-0.4, -0.2) is 76.2 Å². The third kappa shape index (κ3) is 4.28. The Bertz CT molecular complexity index is 620. The van der Waals surface area contributed by atoms with Crippen LogP contribution in [0.5, 0.6) is 0 Å². The quantitative estimate of drug-likeness (QED) is 0.521. The lowest BCUT2D eigenvalue weighted by Crippen LogP contribution is -2.71. The van der Waals surface area contributed by atoms with Crippen molar-refractivity contribution in [2.45, 2.75) is 101 Å². The van der Waals surface area contributed by atoms with Crippen LogP contribution in [0.15, 0.2) is 0 Å². The largest absolute Gasteiger partial charge is 0.467 e. The molecule has 9 heteroatoms. The molecule has 0 aromatic carbocycles. The van der Waals surface area contributed by atoms with Crippen molar-refractivity contribution in [2.75, 3.05) is 21.3 Å². The van der Waals surface area contributed by atoms with E-state index >= 15 is 0 Å². The number of ether oxygens (including phenoxy) is 5. The first-order valence-electron chi connectivity index (χ1n) is 10.0. The fourth-order valence-corrected chi connectivity index (χ4v) is 5.06. The van der Waals surface area contributed by atoms with Gasteiger partial charge in [-0.2, -0.15) is 0 Å². The Morgan fingerprint density at radius 2 is 1.55 bits per heavy atom. The first-order valence-corrected chi connectivity index (χ1v) is 12.9. The first kappa shape index (κ1) is 24.7. The number of carbonyl (C=O) groups excluding carboxylic acids is 1. The monoisotopic (exact) mass is 434 g/mol. The molecule has 1 heterocycles. The maximum Gasteiger partial charge on any atom is 0.338 e. The molecule has 0 radical (unpaired) electrons. The average molecular weight is 435 g/mol. The zero-order valence-electron chi connectivity index (χ0n) is 19.5. The minimum absolute atomic E-state index is 0.0143. The van der Waals surface area contributed by atoms with Gasteiger partial charge in [-0.15, -0.1) is 0 Å². The molecule has 1 aliphatic carbocycles. The fraction of sp³-hybridized carbons (Fsp3) is 0.950. The van der Waals surface area contributed by atoms with Crippen molar-refractivity contribution in [1.82, 2.24) is 0 Å². The van der Waals surface area contributed by atoms with Gasteiger partial charge >= 0.3 is 5.97 Å². The van der Waals surface area contributed by atoms with Crippen LogP contribution in [0.3, 0.4) is 0 Å². The van der Waals surface area contributed by atoms with Crippen LogP contribution in [-0.2, 0) is 32.9 Å². The molecule has 1 saturated heterocycles. The second kappa shape index (κ2) is 7.85. The average Bonchev–Trinajstić information content (AvgIpc) is 2.61. The zero-order valence-corrected chi connectivity index (χ0v) is 20.5. The maximum atomic E-state index is 12.4. The zero-order chi connectivity index (χ0) is 22.5. The molecular formula is C20H38O8Si. The van der Waals surface area contributed by atoms with Crippen molar-refractivity contribution in [3.63, 3.8) is 0 Å². The summed E-state index contributed by atoms with van der Waals surface area (Å²) in [6.45, 7) is 14.1. The molecule has 170 valence electrons. The number of hydrogen-bond acceptors (Lipinski definition) is 8. The summed E-state index contributed by atoms with van der Waals surface area (Å²) >= 11 is 0. The minimum atomic E-state index is -2.25. The molecule has 8 nitrogen and oxygen atoms in total. The van der Waals surface area contributed by atoms with E-state index in [9.17, 15) is 9.90 Å². The molecule has 1 N–H and O–H groups in total. The van der Waals surface area contributed by atoms with Crippen molar-refractivity contribution >= 4 is 14.3 Å². The lowest BCUT2D eigenvalue weighted by molar-refractivity contribution is -0.460. The molecule has 0 bridgehead atoms. The Hall–Kier alpha value is -0.553. The third-order valence-electron chi connectivity index (χ3n) is 6.97. The summed E-state index contributed by atoms with van der Waals surface area (Å²) in [4.78, 5) is 12.4. The molecular weight excluding hydrogens is 396 g/mol. The van der Waals surface area contributed by atoms with Crippen LogP contribution in [0.4, 0.5) is 0 Å². The lowest BCUT2D eigenvalue weighted by atomic mass is 9.78. The standard InChI is InChI=1S/C20H38O8Si/c1-17(2,3)29(9,10)28-14-12-20(22,16(21)23-6)11-13-15(14)27-19(5,25-8)18(4,24-7)26-13/h13-15,22H,11-12H2,1-10H3/t13-,14-,15+,18+,19+,20-/m1/s1. The van der Waals surface area contributed by atoms with Gasteiger partial charge in [0.25, 0.3) is 0 Å². The SMILES string of the molecule is COC(=O)[C@@]1(O)C[C@H]2O[C@](C)(OC)[C@@](C)(OC)O[C@@H]2[C@H](O[Si](C)(C)C(C)(C)C)C1. The van der Waals surface area contributed by atoms with Gasteiger partial charge in [0.05, 0.1) is 19.3 Å². The summed E-state index contributed by atoms with van der Waals surface area (Å²) in [6.07, 6.45) is -1.69. The molecule has 1 aliphatic heterocycles. The predicted molar refractivity (Wildman–Crippen MR) is 109 cm³/mol. The Labute approximate surface area is 175 Å². The highest BCUT2D eigenvalue weighted by molar-refractivity contribution is 6.74. The first-order chi connectivity index (χ1) is 13.1. The van der Waals surface area contributed by atoms with Crippen molar-refractivity contribution in [1.29, 1.82) is 0 Å². The second-order valence-electron chi connectivity index (χ2n) is 9.89. The predicted octanol–water partition coefficient (Wildman–Crippen LogP) is 2.58. The normalized spacial score (nSPS) is 41.0. The van der Waals surface area contributed by atoms with Crippen LogP contribution < -0.4 is 0 Å². The molecule has 0 aromatic heterocycles. The summed E-state index contributed by atoms with van der Waals surface area (Å²) in [5.41, 5.74) is -1.73. The minimum Gasteiger partial charge on any atom is -0.467 e. The van der Waals surface area contributed by atoms with E-state index in [4.69, 9.17) is 28.1 Å². The highest BCUT2D eigenvalue weighted by atomic mass is 28.4. The van der Waals surface area contributed by atoms with E-state index in [1.54, 1.807) is 13.8 Å². The molecule has 2 aliphatic rings. The highest BCUT2D eigenvalue weighted by Gasteiger charge is 2.63. The molecule has 0 unspecified atom stereocenters. The molecule has 2 fully saturated rings. The van der Waals surface area contributed by atoms with Crippen LogP contribution in [0, 0.1) is 0 Å². The molecule has 29 heavy (non-hydrogen) atoms. The van der Waals surface area contributed by atoms with E-state index in [1.807, 2.05) is 0 Å². The van der Waals surface area contributed by atoms with Gasteiger partial charge in [-0.3, -0.25) is 0 Å². The highest BCUT2D eigenvalue weighted by Crippen LogP contribution is 2.48. The molecule has 0 amide bonds. The van der Waals surface area contributed by atoms with Gasteiger partial charge in [0.2, 0.25) is 11.6 Å². The number of hydrogen-bond donors (Lipinski definition) is 1. The van der Waals surface area contributed by atoms with Crippen LogP contribution in [0.25, 0.3) is 0 Å². The van der Waals surface area contributed by atoms with Gasteiger partial charge in [-0.25, -0.2) is 4.79 Å². The number of methoxy groups -OCH3 is 3. The van der Waals surface area contributed by atoms with Crippen LogP contribution in [0.2, 0.25) is 18.1 Å². The summed E-state index contributed by atoms with van der Waals surface area (Å²) in [5.74, 6) is -3.14. The maximum absolute atomic E-state index is 12.4. The third-order valence-corrected chi connectivity index (χ3v) is 11.5. The van der Waals surface area contributed by atoms with E-state index in [0.29, 0.717) is 0 Å². The number of aliphatic hydroxyl groups is 1. The number of carbonyl (C=O) groups is 1. The van der Waals surface area contributed by atoms with Crippen molar-refractivity contribution < 1.29 is 38.0 Å². The van der Waals surface area contributed by atoms with E-state index in [-0.39, 0.29) is 17.9 Å². The van der Waals surface area contributed by atoms with Gasteiger partial charge in [-0.05, 0) is 32.0 Å². The van der Waals surface area contributed by atoms with E-state index in [0.717, 1.165) is 0 Å². The van der Waals surface area contributed by atoms with Gasteiger partial charge in [-0.1, -0.05) is 20.8 Å². The lowest BCUT2D eigenvalue weighted by Gasteiger charge is -2.57. The van der Waals surface area contributed by atoms with Gasteiger partial charge in [0.1, 0.15) is 6.10 Å². The summed E-state index contributed by atoms with van der Waals surface area (Å²) in [6, 6.07) is 0. The fourth-order valence-electron chi connectivity index (χ4n) is 3.73. The van der Waals surface area contributed by atoms with Crippen molar-refractivity contribution in [3.8, 4) is 0 Å². The molecule has 2 rings (SSSR count). The van der Waals surface area contributed by atoms with E-state index < -0.39 is 49.8 Å². The van der Waals surface area contributed by atoms with E-state index in [2.05, 4.69) is 33.9 Å². The summed E-state index contributed by atoms with van der Waals surface area (Å²) in [5, 5.41) is 11.1. The second-order valence-corrected chi connectivity index (χ2v) is 14.6. The van der Waals surface area contributed by atoms with Crippen molar-refractivity contribution in [2.24, 2.45) is 0 Å². The van der Waals surface area contributed by atoms with Gasteiger partial charge < -0.3 is 33.2 Å². The molecule has 6 atom stereocenters. The Balaban J connectivity index is 2.46.